The van der Waals surface area contributed by atoms with Crippen LogP contribution in [-0.4, -0.2) is 43.0 Å². The zero-order valence-corrected chi connectivity index (χ0v) is 11.1. The van der Waals surface area contributed by atoms with Gasteiger partial charge in [-0.15, -0.1) is 0 Å². The van der Waals surface area contributed by atoms with E-state index in [1.807, 2.05) is 0 Å². The maximum absolute atomic E-state index is 11.8. The van der Waals surface area contributed by atoms with Crippen molar-refractivity contribution < 1.29 is 4.79 Å². The zero-order chi connectivity index (χ0) is 12.5. The van der Waals surface area contributed by atoms with Gasteiger partial charge in [-0.05, 0) is 25.8 Å². The number of nitrogens with zero attached hydrogens (tertiary/aromatic N) is 1. The molecule has 0 saturated carbocycles. The van der Waals surface area contributed by atoms with Crippen molar-refractivity contribution in [3.8, 4) is 0 Å². The second-order valence-corrected chi connectivity index (χ2v) is 4.91. The van der Waals surface area contributed by atoms with E-state index in [-0.39, 0.29) is 5.91 Å². The predicted molar refractivity (Wildman–Crippen MR) is 70.8 cm³/mol. The normalized spacial score (nSPS) is 22.1. The molecule has 100 valence electrons. The smallest absolute Gasteiger partial charge is 0.234 e. The van der Waals surface area contributed by atoms with Crippen LogP contribution in [0.2, 0.25) is 0 Å². The first kappa shape index (κ1) is 14.5. The van der Waals surface area contributed by atoms with Crippen LogP contribution in [0, 0.1) is 0 Å². The molecule has 17 heavy (non-hydrogen) atoms. The standard InChI is InChI=1S/C13H27N3O/c1-2-3-8-15-13(17)11-16-9-6-4-5-7-12(16)10-14/h12H,2-11,14H2,1H3,(H,15,17). The Balaban J connectivity index is 2.32. The van der Waals surface area contributed by atoms with Gasteiger partial charge in [0.15, 0.2) is 0 Å². The van der Waals surface area contributed by atoms with Crippen LogP contribution in [0.25, 0.3) is 0 Å². The van der Waals surface area contributed by atoms with E-state index >= 15 is 0 Å². The first-order valence-electron chi connectivity index (χ1n) is 6.98. The van der Waals surface area contributed by atoms with Crippen LogP contribution in [0.3, 0.4) is 0 Å². The molecule has 4 heteroatoms. The van der Waals surface area contributed by atoms with Crippen LogP contribution in [-0.2, 0) is 4.79 Å². The molecule has 1 rings (SSSR count). The van der Waals surface area contributed by atoms with Gasteiger partial charge in [0.1, 0.15) is 0 Å². The van der Waals surface area contributed by atoms with E-state index in [1.165, 1.54) is 19.3 Å². The highest BCUT2D eigenvalue weighted by molar-refractivity contribution is 5.78. The summed E-state index contributed by atoms with van der Waals surface area (Å²) in [5.74, 6) is 0.152. The molecule has 1 aliphatic heterocycles. The zero-order valence-electron chi connectivity index (χ0n) is 11.1. The van der Waals surface area contributed by atoms with Crippen molar-refractivity contribution in [3.05, 3.63) is 0 Å². The Hall–Kier alpha value is -0.610. The summed E-state index contributed by atoms with van der Waals surface area (Å²) in [5, 5.41) is 2.97. The number of unbranched alkanes of at least 4 members (excludes halogenated alkanes) is 1. The van der Waals surface area contributed by atoms with E-state index in [2.05, 4.69) is 17.1 Å². The third-order valence-electron chi connectivity index (χ3n) is 3.47. The lowest BCUT2D eigenvalue weighted by Crippen LogP contribution is -2.45. The lowest BCUT2D eigenvalue weighted by atomic mass is 10.1. The highest BCUT2D eigenvalue weighted by Gasteiger charge is 2.21. The molecule has 0 aromatic rings. The number of carbonyl (C=O) groups is 1. The Labute approximate surface area is 105 Å². The van der Waals surface area contributed by atoms with Crippen LogP contribution >= 0.6 is 0 Å². The van der Waals surface area contributed by atoms with Gasteiger partial charge in [-0.3, -0.25) is 9.69 Å². The number of amides is 1. The lowest BCUT2D eigenvalue weighted by Gasteiger charge is -2.28. The first-order chi connectivity index (χ1) is 8.27. The molecule has 1 fully saturated rings. The molecule has 1 saturated heterocycles. The third-order valence-corrected chi connectivity index (χ3v) is 3.47. The molecule has 1 aliphatic rings. The lowest BCUT2D eigenvalue weighted by molar-refractivity contribution is -0.122. The van der Waals surface area contributed by atoms with E-state index in [1.54, 1.807) is 0 Å². The van der Waals surface area contributed by atoms with E-state index in [0.29, 0.717) is 19.1 Å². The molecule has 0 aliphatic carbocycles. The van der Waals surface area contributed by atoms with Gasteiger partial charge in [0.05, 0.1) is 6.54 Å². The van der Waals surface area contributed by atoms with Crippen molar-refractivity contribution >= 4 is 5.91 Å². The van der Waals surface area contributed by atoms with E-state index in [0.717, 1.165) is 32.4 Å². The summed E-state index contributed by atoms with van der Waals surface area (Å²) in [6.45, 7) is 5.14. The molecule has 0 radical (unpaired) electrons. The molecule has 1 amide bonds. The molecule has 1 atom stereocenters. The van der Waals surface area contributed by atoms with E-state index < -0.39 is 0 Å². The fourth-order valence-electron chi connectivity index (χ4n) is 2.36. The van der Waals surface area contributed by atoms with Gasteiger partial charge in [0.25, 0.3) is 0 Å². The van der Waals surface area contributed by atoms with Gasteiger partial charge in [-0.1, -0.05) is 26.2 Å². The van der Waals surface area contributed by atoms with Crippen LogP contribution in [0.4, 0.5) is 0 Å². The summed E-state index contributed by atoms with van der Waals surface area (Å²) in [4.78, 5) is 14.0. The van der Waals surface area contributed by atoms with Crippen LogP contribution in [0.15, 0.2) is 0 Å². The maximum Gasteiger partial charge on any atom is 0.234 e. The average Bonchev–Trinajstić information content (AvgIpc) is 2.54. The molecule has 3 N–H and O–H groups in total. The highest BCUT2D eigenvalue weighted by Crippen LogP contribution is 2.15. The number of hydrogen-bond acceptors (Lipinski definition) is 3. The van der Waals surface area contributed by atoms with Gasteiger partial charge in [0.2, 0.25) is 5.91 Å². The largest absolute Gasteiger partial charge is 0.355 e. The Morgan fingerprint density at radius 1 is 1.41 bits per heavy atom. The van der Waals surface area contributed by atoms with Gasteiger partial charge in [-0.2, -0.15) is 0 Å². The predicted octanol–water partition coefficient (Wildman–Crippen LogP) is 1.11. The number of rotatable bonds is 6. The summed E-state index contributed by atoms with van der Waals surface area (Å²) >= 11 is 0. The molecule has 0 spiro atoms. The SMILES string of the molecule is CCCCNC(=O)CN1CCCCCC1CN. The summed E-state index contributed by atoms with van der Waals surface area (Å²) in [7, 11) is 0. The number of hydrogen-bond donors (Lipinski definition) is 2. The van der Waals surface area contributed by atoms with E-state index in [9.17, 15) is 4.79 Å². The van der Waals surface area contributed by atoms with E-state index in [4.69, 9.17) is 5.73 Å². The topological polar surface area (TPSA) is 58.4 Å². The number of likely N-dealkylation sites (tertiary alicyclic amines) is 1. The minimum Gasteiger partial charge on any atom is -0.355 e. The quantitative estimate of drug-likeness (QED) is 0.685. The molecule has 1 unspecified atom stereocenters. The first-order valence-corrected chi connectivity index (χ1v) is 6.98. The van der Waals surface area contributed by atoms with Gasteiger partial charge in [0, 0.05) is 19.1 Å². The van der Waals surface area contributed by atoms with Gasteiger partial charge < -0.3 is 11.1 Å². The monoisotopic (exact) mass is 241 g/mol. The maximum atomic E-state index is 11.8. The molecular formula is C13H27N3O. The fraction of sp³-hybridized carbons (Fsp3) is 0.923. The van der Waals surface area contributed by atoms with Crippen molar-refractivity contribution in [1.29, 1.82) is 0 Å². The number of nitrogens with one attached hydrogen (secondary N) is 1. The highest BCUT2D eigenvalue weighted by atomic mass is 16.2. The summed E-state index contributed by atoms with van der Waals surface area (Å²) < 4.78 is 0. The molecular weight excluding hydrogens is 214 g/mol. The van der Waals surface area contributed by atoms with Crippen LogP contribution in [0.1, 0.15) is 45.4 Å². The Morgan fingerprint density at radius 2 is 2.24 bits per heavy atom. The van der Waals surface area contributed by atoms with Crippen molar-refractivity contribution in [2.24, 2.45) is 5.73 Å². The Kier molecular flexibility index (Phi) is 7.21. The summed E-state index contributed by atoms with van der Waals surface area (Å²) in [6, 6.07) is 0.398. The summed E-state index contributed by atoms with van der Waals surface area (Å²) in [5.41, 5.74) is 5.79. The Morgan fingerprint density at radius 3 is 2.94 bits per heavy atom. The van der Waals surface area contributed by atoms with Crippen molar-refractivity contribution in [1.82, 2.24) is 10.2 Å². The van der Waals surface area contributed by atoms with Crippen LogP contribution < -0.4 is 11.1 Å². The number of nitrogens with two attached hydrogens (primary N) is 1. The molecule has 0 bridgehead atoms. The summed E-state index contributed by atoms with van der Waals surface area (Å²) in [6.07, 6.45) is 7.03. The second-order valence-electron chi connectivity index (χ2n) is 4.91. The van der Waals surface area contributed by atoms with Crippen molar-refractivity contribution in [2.75, 3.05) is 26.2 Å². The number of carbonyl (C=O) groups excluding carboxylic acids is 1. The van der Waals surface area contributed by atoms with Crippen molar-refractivity contribution in [3.63, 3.8) is 0 Å². The minimum absolute atomic E-state index is 0.152. The molecule has 0 aromatic carbocycles. The van der Waals surface area contributed by atoms with Gasteiger partial charge >= 0.3 is 0 Å². The fourth-order valence-corrected chi connectivity index (χ4v) is 2.36. The van der Waals surface area contributed by atoms with Gasteiger partial charge in [-0.25, -0.2) is 0 Å². The molecule has 4 nitrogen and oxygen atoms in total. The Bertz CT molecular complexity index is 221. The average molecular weight is 241 g/mol. The van der Waals surface area contributed by atoms with Crippen LogP contribution in [0.5, 0.6) is 0 Å². The second kappa shape index (κ2) is 8.48. The molecule has 0 aromatic heterocycles. The minimum atomic E-state index is 0.152. The molecule has 1 heterocycles. The third kappa shape index (κ3) is 5.50. The van der Waals surface area contributed by atoms with Crippen molar-refractivity contribution in [2.45, 2.75) is 51.5 Å².